The molecule has 16 heavy (non-hydrogen) atoms. The van der Waals surface area contributed by atoms with Crippen LogP contribution in [0, 0.1) is 5.92 Å². The smallest absolute Gasteiger partial charge is 0.188 e. The molecule has 0 spiro atoms. The van der Waals surface area contributed by atoms with E-state index >= 15 is 0 Å². The van der Waals surface area contributed by atoms with Crippen LogP contribution < -0.4 is 11.1 Å². The Kier molecular flexibility index (Phi) is 7.13. The fourth-order valence-electron chi connectivity index (χ4n) is 1.54. The molecular formula is C12H28N4. The van der Waals surface area contributed by atoms with Crippen molar-refractivity contribution in [3.8, 4) is 0 Å². The number of aliphatic imine (C=N–C) groups is 1. The Morgan fingerprint density at radius 2 is 1.81 bits per heavy atom. The summed E-state index contributed by atoms with van der Waals surface area (Å²) in [4.78, 5) is 6.60. The predicted molar refractivity (Wildman–Crippen MR) is 71.7 cm³/mol. The van der Waals surface area contributed by atoms with E-state index in [2.05, 4.69) is 57.0 Å². The molecule has 0 fully saturated rings. The van der Waals surface area contributed by atoms with Gasteiger partial charge in [-0.2, -0.15) is 0 Å². The Bertz CT molecular complexity index is 209. The molecule has 0 unspecified atom stereocenters. The van der Waals surface area contributed by atoms with Crippen LogP contribution in [0.4, 0.5) is 0 Å². The average molecular weight is 228 g/mol. The molecule has 0 aromatic carbocycles. The van der Waals surface area contributed by atoms with Gasteiger partial charge in [0, 0.05) is 12.1 Å². The quantitative estimate of drug-likeness (QED) is 0.532. The van der Waals surface area contributed by atoms with Crippen molar-refractivity contribution in [2.45, 2.75) is 46.2 Å². The van der Waals surface area contributed by atoms with Gasteiger partial charge in [0.2, 0.25) is 0 Å². The lowest BCUT2D eigenvalue weighted by Gasteiger charge is -2.24. The number of hydrogen-bond donors (Lipinski definition) is 2. The van der Waals surface area contributed by atoms with Crippen molar-refractivity contribution in [3.05, 3.63) is 0 Å². The van der Waals surface area contributed by atoms with Gasteiger partial charge in [-0.25, -0.2) is 0 Å². The second-order valence-corrected chi connectivity index (χ2v) is 5.27. The summed E-state index contributed by atoms with van der Waals surface area (Å²) in [6, 6.07) is 0.805. The Hall–Kier alpha value is -0.770. The zero-order chi connectivity index (χ0) is 12.7. The molecule has 0 aromatic rings. The summed E-state index contributed by atoms with van der Waals surface area (Å²) in [6.07, 6.45) is 1.14. The Morgan fingerprint density at radius 3 is 2.19 bits per heavy atom. The minimum atomic E-state index is 0.339. The number of likely N-dealkylation sites (N-methyl/N-ethyl adjacent to an activating group) is 1. The molecule has 0 bridgehead atoms. The number of nitrogens with one attached hydrogen (secondary N) is 1. The van der Waals surface area contributed by atoms with Crippen LogP contribution in [0.25, 0.3) is 0 Å². The van der Waals surface area contributed by atoms with Gasteiger partial charge in [-0.05, 0) is 40.3 Å². The fraction of sp³-hybridized carbons (Fsp3) is 0.917. The summed E-state index contributed by atoms with van der Waals surface area (Å²) < 4.78 is 0. The van der Waals surface area contributed by atoms with E-state index in [-0.39, 0.29) is 0 Å². The molecule has 0 aliphatic heterocycles. The average Bonchev–Trinajstić information content (AvgIpc) is 2.09. The minimum Gasteiger partial charge on any atom is -0.370 e. The van der Waals surface area contributed by atoms with E-state index < -0.39 is 0 Å². The van der Waals surface area contributed by atoms with Crippen molar-refractivity contribution >= 4 is 5.96 Å². The Labute approximate surface area is 100 Å². The topological polar surface area (TPSA) is 53.6 Å². The summed E-state index contributed by atoms with van der Waals surface area (Å²) in [5.74, 6) is 1.23. The monoisotopic (exact) mass is 228 g/mol. The third-order valence-corrected chi connectivity index (χ3v) is 2.38. The van der Waals surface area contributed by atoms with Gasteiger partial charge < -0.3 is 16.0 Å². The first-order chi connectivity index (χ1) is 7.32. The van der Waals surface area contributed by atoms with Gasteiger partial charge in [-0.1, -0.05) is 13.8 Å². The lowest BCUT2D eigenvalue weighted by molar-refractivity contribution is 0.261. The third-order valence-electron chi connectivity index (χ3n) is 2.38. The highest BCUT2D eigenvalue weighted by Gasteiger charge is 2.12. The van der Waals surface area contributed by atoms with Crippen LogP contribution in [0.1, 0.15) is 34.1 Å². The lowest BCUT2D eigenvalue weighted by Crippen LogP contribution is -2.39. The third kappa shape index (κ3) is 7.51. The highest BCUT2D eigenvalue weighted by molar-refractivity contribution is 5.78. The molecule has 4 heteroatoms. The summed E-state index contributed by atoms with van der Waals surface area (Å²) >= 11 is 0. The van der Waals surface area contributed by atoms with E-state index in [9.17, 15) is 0 Å². The molecule has 0 saturated heterocycles. The highest BCUT2D eigenvalue weighted by Crippen LogP contribution is 2.09. The zero-order valence-corrected chi connectivity index (χ0v) is 11.6. The van der Waals surface area contributed by atoms with Gasteiger partial charge in [0.25, 0.3) is 0 Å². The maximum Gasteiger partial charge on any atom is 0.188 e. The first kappa shape index (κ1) is 15.2. The van der Waals surface area contributed by atoms with E-state index in [1.165, 1.54) is 0 Å². The molecule has 0 aliphatic carbocycles. The van der Waals surface area contributed by atoms with Crippen LogP contribution in [0.3, 0.4) is 0 Å². The lowest BCUT2D eigenvalue weighted by atomic mass is 10.0. The minimum absolute atomic E-state index is 0.339. The van der Waals surface area contributed by atoms with Crippen LogP contribution in [0.2, 0.25) is 0 Å². The molecule has 0 heterocycles. The first-order valence-electron chi connectivity index (χ1n) is 6.05. The SMILES string of the molecule is CC(C)C[C@H](CN=C(N)NC(C)C)N(C)C. The highest BCUT2D eigenvalue weighted by atomic mass is 15.1. The molecule has 0 radical (unpaired) electrons. The van der Waals surface area contributed by atoms with Crippen molar-refractivity contribution in [2.75, 3.05) is 20.6 Å². The van der Waals surface area contributed by atoms with Crippen molar-refractivity contribution in [2.24, 2.45) is 16.6 Å². The summed E-state index contributed by atoms with van der Waals surface area (Å²) in [5, 5.41) is 3.10. The van der Waals surface area contributed by atoms with Gasteiger partial charge in [0.1, 0.15) is 0 Å². The second-order valence-electron chi connectivity index (χ2n) is 5.27. The Balaban J connectivity index is 4.19. The molecule has 0 aromatic heterocycles. The van der Waals surface area contributed by atoms with E-state index in [1.54, 1.807) is 0 Å². The van der Waals surface area contributed by atoms with Gasteiger partial charge in [-0.3, -0.25) is 4.99 Å². The van der Waals surface area contributed by atoms with E-state index in [1.807, 2.05) is 0 Å². The molecule has 1 atom stereocenters. The maximum atomic E-state index is 5.77. The number of guanidine groups is 1. The summed E-state index contributed by atoms with van der Waals surface area (Å²) in [6.45, 7) is 9.34. The van der Waals surface area contributed by atoms with Crippen molar-refractivity contribution < 1.29 is 0 Å². The molecule has 0 saturated carbocycles. The second kappa shape index (κ2) is 7.49. The van der Waals surface area contributed by atoms with E-state index in [0.717, 1.165) is 13.0 Å². The largest absolute Gasteiger partial charge is 0.370 e. The molecule has 0 rings (SSSR count). The van der Waals surface area contributed by atoms with Crippen LogP contribution in [-0.4, -0.2) is 43.6 Å². The molecule has 3 N–H and O–H groups in total. The van der Waals surface area contributed by atoms with Gasteiger partial charge >= 0.3 is 0 Å². The fourth-order valence-corrected chi connectivity index (χ4v) is 1.54. The van der Waals surface area contributed by atoms with Crippen molar-refractivity contribution in [1.82, 2.24) is 10.2 Å². The number of nitrogens with zero attached hydrogens (tertiary/aromatic N) is 2. The normalized spacial score (nSPS) is 14.9. The van der Waals surface area contributed by atoms with Crippen LogP contribution in [-0.2, 0) is 0 Å². The van der Waals surface area contributed by atoms with E-state index in [0.29, 0.717) is 24.0 Å². The van der Waals surface area contributed by atoms with Crippen LogP contribution in [0.5, 0.6) is 0 Å². The maximum absolute atomic E-state index is 5.77. The zero-order valence-electron chi connectivity index (χ0n) is 11.6. The molecule has 4 nitrogen and oxygen atoms in total. The standard InChI is InChI=1S/C12H28N4/c1-9(2)7-11(16(5)6)8-14-12(13)15-10(3)4/h9-11H,7-8H2,1-6H3,(H3,13,14,15)/t11-/m1/s1. The summed E-state index contributed by atoms with van der Waals surface area (Å²) in [5.41, 5.74) is 5.77. The van der Waals surface area contributed by atoms with Crippen molar-refractivity contribution in [3.63, 3.8) is 0 Å². The molecule has 0 amide bonds. The van der Waals surface area contributed by atoms with Crippen LogP contribution >= 0.6 is 0 Å². The van der Waals surface area contributed by atoms with E-state index in [4.69, 9.17) is 5.73 Å². The van der Waals surface area contributed by atoms with Gasteiger partial charge in [-0.15, -0.1) is 0 Å². The van der Waals surface area contributed by atoms with Crippen molar-refractivity contribution in [1.29, 1.82) is 0 Å². The summed E-state index contributed by atoms with van der Waals surface area (Å²) in [7, 11) is 4.18. The predicted octanol–water partition coefficient (Wildman–Crippen LogP) is 1.28. The van der Waals surface area contributed by atoms with Gasteiger partial charge in [0.15, 0.2) is 5.96 Å². The first-order valence-corrected chi connectivity index (χ1v) is 6.05. The number of nitrogens with two attached hydrogens (primary N) is 1. The Morgan fingerprint density at radius 1 is 1.25 bits per heavy atom. The number of rotatable bonds is 6. The molecular weight excluding hydrogens is 200 g/mol. The van der Waals surface area contributed by atoms with Gasteiger partial charge in [0.05, 0.1) is 6.54 Å². The number of hydrogen-bond acceptors (Lipinski definition) is 2. The van der Waals surface area contributed by atoms with Crippen LogP contribution in [0.15, 0.2) is 4.99 Å². The molecule has 0 aliphatic rings. The molecule has 96 valence electrons.